The number of aromatic nitrogens is 3. The van der Waals surface area contributed by atoms with E-state index in [1.54, 1.807) is 11.3 Å². The van der Waals surface area contributed by atoms with E-state index in [-0.39, 0.29) is 0 Å². The third-order valence-electron chi connectivity index (χ3n) is 10.9. The van der Waals surface area contributed by atoms with E-state index < -0.39 is 0 Å². The number of nitrogens with zero attached hydrogens (tertiary/aromatic N) is 3. The highest BCUT2D eigenvalue weighted by atomic mass is 32.1. The first-order valence-corrected chi connectivity index (χ1v) is 20.0. The SMILES string of the molecule is c1ccc(-c2cccc(-c3c4ccccc4c(-c4ccc(-c5nc(-c6ccccc6)nc(-c6cccc7c6sc6ccccc67)n5)cc4)c4ccccc34)c2)cc1. The number of hydrogen-bond acceptors (Lipinski definition) is 4. The fourth-order valence-electron chi connectivity index (χ4n) is 8.29. The second-order valence-corrected chi connectivity index (χ2v) is 15.4. The zero-order chi connectivity index (χ0) is 37.7. The van der Waals surface area contributed by atoms with Gasteiger partial charge >= 0.3 is 0 Å². The molecule has 0 amide bonds. The van der Waals surface area contributed by atoms with Crippen LogP contribution in [0, 0.1) is 0 Å². The van der Waals surface area contributed by atoms with E-state index in [4.69, 9.17) is 15.0 Å². The van der Waals surface area contributed by atoms with Gasteiger partial charge in [0.1, 0.15) is 0 Å². The molecule has 266 valence electrons. The molecule has 0 aliphatic rings. The van der Waals surface area contributed by atoms with Gasteiger partial charge in [0.2, 0.25) is 0 Å². The largest absolute Gasteiger partial charge is 0.208 e. The first-order valence-electron chi connectivity index (χ1n) is 19.2. The summed E-state index contributed by atoms with van der Waals surface area (Å²) in [7, 11) is 0. The summed E-state index contributed by atoms with van der Waals surface area (Å²) in [4.78, 5) is 15.4. The highest BCUT2D eigenvalue weighted by Crippen LogP contribution is 2.45. The van der Waals surface area contributed by atoms with Gasteiger partial charge in [-0.3, -0.25) is 0 Å². The summed E-state index contributed by atoms with van der Waals surface area (Å²) in [6, 6.07) is 71.1. The highest BCUT2D eigenvalue weighted by Gasteiger charge is 2.19. The van der Waals surface area contributed by atoms with Crippen LogP contribution in [0.1, 0.15) is 0 Å². The molecule has 57 heavy (non-hydrogen) atoms. The molecular weight excluding hydrogens is 711 g/mol. The molecule has 0 saturated heterocycles. The monoisotopic (exact) mass is 743 g/mol. The zero-order valence-corrected chi connectivity index (χ0v) is 31.6. The Bertz CT molecular complexity index is 3220. The van der Waals surface area contributed by atoms with Gasteiger partial charge in [-0.1, -0.05) is 182 Å². The lowest BCUT2D eigenvalue weighted by Crippen LogP contribution is -2.00. The molecule has 0 aliphatic heterocycles. The minimum atomic E-state index is 0.645. The number of rotatable bonds is 6. The molecule has 3 nitrogen and oxygen atoms in total. The molecule has 0 bridgehead atoms. The van der Waals surface area contributed by atoms with Crippen molar-refractivity contribution < 1.29 is 0 Å². The first-order chi connectivity index (χ1) is 28.3. The maximum Gasteiger partial charge on any atom is 0.165 e. The van der Waals surface area contributed by atoms with Crippen molar-refractivity contribution in [3.05, 3.63) is 200 Å². The van der Waals surface area contributed by atoms with E-state index in [0.717, 1.165) is 22.3 Å². The normalized spacial score (nSPS) is 11.5. The van der Waals surface area contributed by atoms with Gasteiger partial charge in [0.05, 0.1) is 0 Å². The molecule has 0 aliphatic carbocycles. The second kappa shape index (κ2) is 13.8. The predicted molar refractivity (Wildman–Crippen MR) is 240 cm³/mol. The summed E-state index contributed by atoms with van der Waals surface area (Å²) < 4.78 is 2.43. The summed E-state index contributed by atoms with van der Waals surface area (Å²) in [5, 5.41) is 7.36. The highest BCUT2D eigenvalue weighted by molar-refractivity contribution is 7.26. The summed E-state index contributed by atoms with van der Waals surface area (Å²) in [6.45, 7) is 0. The fraction of sp³-hybridized carbons (Fsp3) is 0. The molecule has 2 heterocycles. The average molecular weight is 744 g/mol. The molecule has 0 unspecified atom stereocenters. The van der Waals surface area contributed by atoms with Crippen LogP contribution in [0.4, 0.5) is 0 Å². The molecular formula is C53H33N3S. The predicted octanol–water partition coefficient (Wildman–Crippen LogP) is 14.5. The number of hydrogen-bond donors (Lipinski definition) is 0. The Labute approximate surface area is 334 Å². The third kappa shape index (κ3) is 5.78. The van der Waals surface area contributed by atoms with Gasteiger partial charge in [-0.15, -0.1) is 11.3 Å². The maximum atomic E-state index is 5.18. The Morgan fingerprint density at radius 2 is 0.719 bits per heavy atom. The molecule has 9 aromatic carbocycles. The number of thiophene rings is 1. The summed E-state index contributed by atoms with van der Waals surface area (Å²) in [5.41, 5.74) is 10.1. The quantitative estimate of drug-likeness (QED) is 0.159. The Balaban J connectivity index is 1.06. The van der Waals surface area contributed by atoms with Crippen molar-refractivity contribution in [2.75, 3.05) is 0 Å². The Kier molecular flexibility index (Phi) is 8.01. The van der Waals surface area contributed by atoms with E-state index in [1.807, 2.05) is 18.2 Å². The van der Waals surface area contributed by atoms with E-state index in [9.17, 15) is 0 Å². The van der Waals surface area contributed by atoms with E-state index in [0.29, 0.717) is 17.5 Å². The molecule has 0 radical (unpaired) electrons. The van der Waals surface area contributed by atoms with Crippen molar-refractivity contribution >= 4 is 53.1 Å². The van der Waals surface area contributed by atoms with Crippen LogP contribution in [-0.2, 0) is 0 Å². The van der Waals surface area contributed by atoms with Crippen molar-refractivity contribution in [3.63, 3.8) is 0 Å². The fourth-order valence-corrected chi connectivity index (χ4v) is 9.50. The Morgan fingerprint density at radius 1 is 0.281 bits per heavy atom. The summed E-state index contributed by atoms with van der Waals surface area (Å²) >= 11 is 1.79. The number of fused-ring (bicyclic) bond motifs is 5. The maximum absolute atomic E-state index is 5.18. The molecule has 4 heteroatoms. The van der Waals surface area contributed by atoms with E-state index in [2.05, 4.69) is 182 Å². The van der Waals surface area contributed by atoms with Crippen LogP contribution in [0.15, 0.2) is 200 Å². The van der Waals surface area contributed by atoms with Gasteiger partial charge in [0.25, 0.3) is 0 Å². The van der Waals surface area contributed by atoms with Crippen LogP contribution in [0.2, 0.25) is 0 Å². The van der Waals surface area contributed by atoms with Crippen LogP contribution in [0.5, 0.6) is 0 Å². The number of benzene rings is 9. The minimum absolute atomic E-state index is 0.645. The lowest BCUT2D eigenvalue weighted by molar-refractivity contribution is 1.08. The van der Waals surface area contributed by atoms with Crippen LogP contribution < -0.4 is 0 Å². The van der Waals surface area contributed by atoms with Gasteiger partial charge in [-0.05, 0) is 73.1 Å². The molecule has 2 aromatic heterocycles. The molecule has 0 atom stereocenters. The van der Waals surface area contributed by atoms with Crippen LogP contribution in [0.3, 0.4) is 0 Å². The van der Waals surface area contributed by atoms with Crippen LogP contribution >= 0.6 is 11.3 Å². The Morgan fingerprint density at radius 3 is 1.37 bits per heavy atom. The van der Waals surface area contributed by atoms with Crippen molar-refractivity contribution in [3.8, 4) is 67.5 Å². The smallest absolute Gasteiger partial charge is 0.165 e. The van der Waals surface area contributed by atoms with Crippen molar-refractivity contribution in [1.82, 2.24) is 15.0 Å². The van der Waals surface area contributed by atoms with Crippen LogP contribution in [0.25, 0.3) is 109 Å². The second-order valence-electron chi connectivity index (χ2n) is 14.3. The molecule has 0 N–H and O–H groups in total. The van der Waals surface area contributed by atoms with Crippen LogP contribution in [-0.4, -0.2) is 15.0 Å². The van der Waals surface area contributed by atoms with Gasteiger partial charge in [-0.25, -0.2) is 15.0 Å². The first kappa shape index (κ1) is 33.1. The molecule has 11 rings (SSSR count). The van der Waals surface area contributed by atoms with Gasteiger partial charge in [-0.2, -0.15) is 0 Å². The zero-order valence-electron chi connectivity index (χ0n) is 30.8. The summed E-state index contributed by atoms with van der Waals surface area (Å²) in [6.07, 6.45) is 0. The molecule has 0 saturated carbocycles. The van der Waals surface area contributed by atoms with Crippen molar-refractivity contribution in [2.45, 2.75) is 0 Å². The van der Waals surface area contributed by atoms with E-state index >= 15 is 0 Å². The van der Waals surface area contributed by atoms with Crippen molar-refractivity contribution in [2.24, 2.45) is 0 Å². The summed E-state index contributed by atoms with van der Waals surface area (Å²) in [5.74, 6) is 1.97. The lowest BCUT2D eigenvalue weighted by atomic mass is 9.85. The van der Waals surface area contributed by atoms with Gasteiger partial charge in [0, 0.05) is 36.9 Å². The third-order valence-corrected chi connectivity index (χ3v) is 12.2. The topological polar surface area (TPSA) is 38.7 Å². The average Bonchev–Trinajstić information content (AvgIpc) is 3.68. The van der Waals surface area contributed by atoms with Gasteiger partial charge in [0.15, 0.2) is 17.5 Å². The molecule has 0 fully saturated rings. The minimum Gasteiger partial charge on any atom is -0.208 e. The molecule has 0 spiro atoms. The van der Waals surface area contributed by atoms with E-state index in [1.165, 1.54) is 69.5 Å². The lowest BCUT2D eigenvalue weighted by Gasteiger charge is -2.18. The van der Waals surface area contributed by atoms with Crippen molar-refractivity contribution in [1.29, 1.82) is 0 Å². The van der Waals surface area contributed by atoms with Gasteiger partial charge < -0.3 is 0 Å². The Hall–Kier alpha value is -7.27. The molecule has 11 aromatic rings. The standard InChI is InChI=1S/C53H33N3S/c1-3-15-34(16-4-1)38-19-13-20-39(33-38)49-43-24-9-7-22-41(43)48(42-23-8-10-25-44(42)49)35-29-31-37(32-30-35)52-54-51(36-17-5-2-6-18-36)55-53(56-52)46-27-14-26-45-40-21-11-12-28-47(40)57-50(45)46/h1-33H.